The first-order chi connectivity index (χ1) is 9.13. The molecule has 0 spiro atoms. The molecule has 0 saturated heterocycles. The number of hydrogen-bond donors (Lipinski definition) is 1. The Hall–Kier alpha value is -1.18. The first kappa shape index (κ1) is 14.2. The maximum absolute atomic E-state index is 4.40. The molecule has 0 amide bonds. The third kappa shape index (κ3) is 3.23. The van der Waals surface area contributed by atoms with Crippen LogP contribution >= 0.6 is 22.6 Å². The van der Waals surface area contributed by atoms with E-state index in [1.54, 1.807) is 6.33 Å². The third-order valence-corrected chi connectivity index (χ3v) is 3.31. The highest BCUT2D eigenvalue weighted by Crippen LogP contribution is 2.27. The second kappa shape index (κ2) is 6.31. The van der Waals surface area contributed by atoms with Gasteiger partial charge in [-0.1, -0.05) is 20.8 Å². The first-order valence-corrected chi connectivity index (χ1v) is 7.50. The number of anilines is 1. The molecule has 6 heteroatoms. The third-order valence-electron chi connectivity index (χ3n) is 2.75. The lowest BCUT2D eigenvalue weighted by atomic mass is 10.0. The van der Waals surface area contributed by atoms with Crippen molar-refractivity contribution in [2.24, 2.45) is 0 Å². The number of halogens is 1. The minimum Gasteiger partial charge on any atom is -0.370 e. The summed E-state index contributed by atoms with van der Waals surface area (Å²) >= 11 is 2.25. The Bertz CT molecular complexity index is 550. The van der Waals surface area contributed by atoms with E-state index < -0.39 is 0 Å². The molecule has 0 atom stereocenters. The molecule has 19 heavy (non-hydrogen) atoms. The van der Waals surface area contributed by atoms with Crippen molar-refractivity contribution in [3.05, 3.63) is 27.9 Å². The quantitative estimate of drug-likeness (QED) is 0.821. The van der Waals surface area contributed by atoms with E-state index in [0.717, 1.165) is 33.7 Å². The number of rotatable bonds is 5. The monoisotopic (exact) mass is 371 g/mol. The van der Waals surface area contributed by atoms with E-state index >= 15 is 0 Å². The highest BCUT2D eigenvalue weighted by Gasteiger charge is 2.16. The van der Waals surface area contributed by atoms with E-state index in [2.05, 4.69) is 63.7 Å². The van der Waals surface area contributed by atoms with Crippen LogP contribution in [0.3, 0.4) is 0 Å². The van der Waals surface area contributed by atoms with Crippen LogP contribution in [0.2, 0.25) is 0 Å². The second-order valence-electron chi connectivity index (χ2n) is 4.64. The molecular weight excluding hydrogens is 353 g/mol. The van der Waals surface area contributed by atoms with E-state index in [4.69, 9.17) is 0 Å². The first-order valence-electron chi connectivity index (χ1n) is 6.42. The van der Waals surface area contributed by atoms with Crippen LogP contribution in [0.1, 0.15) is 38.7 Å². The van der Waals surface area contributed by atoms with Gasteiger partial charge in [0.05, 0.1) is 9.77 Å². The summed E-state index contributed by atoms with van der Waals surface area (Å²) in [6.07, 6.45) is 6.45. The van der Waals surface area contributed by atoms with Gasteiger partial charge in [0.25, 0.3) is 0 Å². The average Bonchev–Trinajstić information content (AvgIpc) is 2.82. The van der Waals surface area contributed by atoms with Crippen LogP contribution in [0.15, 0.2) is 18.7 Å². The molecule has 2 aromatic heterocycles. The van der Waals surface area contributed by atoms with Crippen molar-refractivity contribution in [2.75, 3.05) is 11.9 Å². The zero-order valence-corrected chi connectivity index (χ0v) is 13.5. The van der Waals surface area contributed by atoms with Gasteiger partial charge in [-0.15, -0.1) is 0 Å². The van der Waals surface area contributed by atoms with Crippen LogP contribution in [0.4, 0.5) is 5.82 Å². The lowest BCUT2D eigenvalue weighted by Gasteiger charge is -2.16. The Labute approximate surface area is 127 Å². The molecule has 0 unspecified atom stereocenters. The molecule has 1 N–H and O–H groups in total. The summed E-state index contributed by atoms with van der Waals surface area (Å²) in [7, 11) is 0. The Morgan fingerprint density at radius 1 is 1.37 bits per heavy atom. The zero-order valence-electron chi connectivity index (χ0n) is 11.4. The predicted molar refractivity (Wildman–Crippen MR) is 84.7 cm³/mol. The topological polar surface area (TPSA) is 55.6 Å². The molecular formula is C13H18IN5. The van der Waals surface area contributed by atoms with Crippen LogP contribution in [-0.4, -0.2) is 26.3 Å². The van der Waals surface area contributed by atoms with Gasteiger partial charge in [-0.25, -0.2) is 14.6 Å². The minimum absolute atomic E-state index is 0.331. The number of hydrogen-bond acceptors (Lipinski definition) is 4. The second-order valence-corrected chi connectivity index (χ2v) is 5.89. The molecule has 0 aromatic carbocycles. The van der Waals surface area contributed by atoms with Crippen molar-refractivity contribution in [1.29, 1.82) is 0 Å². The summed E-state index contributed by atoms with van der Waals surface area (Å²) in [6, 6.07) is 0. The summed E-state index contributed by atoms with van der Waals surface area (Å²) in [5.74, 6) is 2.09. The van der Waals surface area contributed by atoms with Crippen LogP contribution in [0.5, 0.6) is 0 Å². The van der Waals surface area contributed by atoms with Gasteiger partial charge >= 0.3 is 0 Å². The van der Waals surface area contributed by atoms with Crippen LogP contribution in [-0.2, 0) is 0 Å². The van der Waals surface area contributed by atoms with Gasteiger partial charge in [-0.2, -0.15) is 5.10 Å². The summed E-state index contributed by atoms with van der Waals surface area (Å²) in [5.41, 5.74) is 1.11. The Morgan fingerprint density at radius 3 is 2.74 bits per heavy atom. The molecule has 0 aliphatic heterocycles. The smallest absolute Gasteiger partial charge is 0.162 e. The Morgan fingerprint density at radius 2 is 2.16 bits per heavy atom. The number of nitrogens with zero attached hydrogens (tertiary/aromatic N) is 4. The van der Waals surface area contributed by atoms with Crippen molar-refractivity contribution < 1.29 is 0 Å². The van der Waals surface area contributed by atoms with Gasteiger partial charge in [0, 0.05) is 18.3 Å². The highest BCUT2D eigenvalue weighted by atomic mass is 127. The Kier molecular flexibility index (Phi) is 4.73. The maximum atomic E-state index is 4.40. The van der Waals surface area contributed by atoms with Gasteiger partial charge in [0.15, 0.2) is 5.82 Å². The molecule has 102 valence electrons. The van der Waals surface area contributed by atoms with Crippen LogP contribution < -0.4 is 5.32 Å². The number of nitrogens with one attached hydrogen (secondary N) is 1. The molecule has 0 saturated carbocycles. The summed E-state index contributed by atoms with van der Waals surface area (Å²) in [5, 5.41) is 7.71. The van der Waals surface area contributed by atoms with E-state index in [1.807, 2.05) is 17.1 Å². The standard InChI is InChI=1S/C13H18IN5/c1-4-5-15-12-11(9(2)3)13(17-8-16-12)19-7-10(14)6-18-19/h6-9H,4-5H2,1-3H3,(H,15,16,17). The van der Waals surface area contributed by atoms with Gasteiger partial charge < -0.3 is 5.32 Å². The Balaban J connectivity index is 2.48. The SMILES string of the molecule is CCCNc1ncnc(-n2cc(I)cn2)c1C(C)C. The molecule has 0 aliphatic rings. The lowest BCUT2D eigenvalue weighted by molar-refractivity contribution is 0.771. The van der Waals surface area contributed by atoms with E-state index in [0.29, 0.717) is 5.92 Å². The molecule has 2 heterocycles. The summed E-state index contributed by atoms with van der Waals surface area (Å²) in [6.45, 7) is 7.34. The minimum atomic E-state index is 0.331. The van der Waals surface area contributed by atoms with Gasteiger partial charge in [-0.05, 0) is 34.9 Å². The maximum Gasteiger partial charge on any atom is 0.162 e. The van der Waals surface area contributed by atoms with Crippen LogP contribution in [0.25, 0.3) is 5.82 Å². The van der Waals surface area contributed by atoms with Crippen molar-refractivity contribution in [3.8, 4) is 5.82 Å². The van der Waals surface area contributed by atoms with Gasteiger partial charge in [-0.3, -0.25) is 0 Å². The fourth-order valence-corrected chi connectivity index (χ4v) is 2.29. The molecule has 0 fully saturated rings. The van der Waals surface area contributed by atoms with Crippen molar-refractivity contribution in [1.82, 2.24) is 19.7 Å². The molecule has 0 radical (unpaired) electrons. The molecule has 0 bridgehead atoms. The van der Waals surface area contributed by atoms with E-state index in [9.17, 15) is 0 Å². The van der Waals surface area contributed by atoms with Gasteiger partial charge in [0.2, 0.25) is 0 Å². The average molecular weight is 371 g/mol. The summed E-state index contributed by atoms with van der Waals surface area (Å²) in [4.78, 5) is 8.76. The molecule has 0 aliphatic carbocycles. The number of aromatic nitrogens is 4. The molecule has 2 aromatic rings. The van der Waals surface area contributed by atoms with Gasteiger partial charge in [0.1, 0.15) is 12.1 Å². The largest absolute Gasteiger partial charge is 0.370 e. The van der Waals surface area contributed by atoms with Crippen LogP contribution in [0, 0.1) is 3.57 Å². The fraction of sp³-hybridized carbons (Fsp3) is 0.462. The normalized spacial score (nSPS) is 11.0. The van der Waals surface area contributed by atoms with E-state index in [-0.39, 0.29) is 0 Å². The van der Waals surface area contributed by atoms with E-state index in [1.165, 1.54) is 0 Å². The predicted octanol–water partition coefficient (Wildman–Crippen LogP) is 3.21. The highest BCUT2D eigenvalue weighted by molar-refractivity contribution is 14.1. The lowest BCUT2D eigenvalue weighted by Crippen LogP contribution is -2.12. The zero-order chi connectivity index (χ0) is 13.8. The van der Waals surface area contributed by atoms with Crippen molar-refractivity contribution >= 4 is 28.4 Å². The van der Waals surface area contributed by atoms with Crippen molar-refractivity contribution in [2.45, 2.75) is 33.1 Å². The van der Waals surface area contributed by atoms with Crippen molar-refractivity contribution in [3.63, 3.8) is 0 Å². The molecule has 2 rings (SSSR count). The molecule has 5 nitrogen and oxygen atoms in total. The summed E-state index contributed by atoms with van der Waals surface area (Å²) < 4.78 is 2.91. The fourth-order valence-electron chi connectivity index (χ4n) is 1.90.